The Morgan fingerprint density at radius 1 is 1.34 bits per heavy atom. The predicted molar refractivity (Wildman–Crippen MR) is 109 cm³/mol. The molecule has 1 aromatic heterocycles. The number of aliphatic carboxylic acids is 1. The van der Waals surface area contributed by atoms with Crippen molar-refractivity contribution < 1.29 is 37.3 Å². The molecule has 2 aliphatic rings. The lowest BCUT2D eigenvalue weighted by Crippen LogP contribution is -2.58. The number of alkyl halides is 3. The first-order valence-electron chi connectivity index (χ1n) is 10.2. The zero-order valence-corrected chi connectivity index (χ0v) is 17.6. The van der Waals surface area contributed by atoms with Gasteiger partial charge in [-0.15, -0.1) is 0 Å². The summed E-state index contributed by atoms with van der Waals surface area (Å²) in [4.78, 5) is 28.4. The molecule has 2 saturated heterocycles. The number of halogens is 3. The molecule has 174 valence electrons. The lowest BCUT2D eigenvalue weighted by molar-refractivity contribution is -0.192. The number of ether oxygens (including phenoxy) is 2. The SMILES string of the molecule is COCC12CCCOC1CCN(C(=O)c1cnc3ccccc3c1)C2.O=C(O)C(F)(F)F. The molecule has 1 N–H and O–H groups in total. The summed E-state index contributed by atoms with van der Waals surface area (Å²) in [7, 11) is 1.73. The molecule has 2 aliphatic heterocycles. The minimum Gasteiger partial charge on any atom is -0.475 e. The number of pyridine rings is 1. The van der Waals surface area contributed by atoms with E-state index in [4.69, 9.17) is 19.4 Å². The number of nitrogens with zero attached hydrogens (tertiary/aromatic N) is 2. The number of aromatic nitrogens is 1. The fourth-order valence-corrected chi connectivity index (χ4v) is 4.33. The molecule has 0 aliphatic carbocycles. The van der Waals surface area contributed by atoms with Crippen molar-refractivity contribution in [1.82, 2.24) is 9.88 Å². The average Bonchev–Trinajstić information content (AvgIpc) is 2.77. The van der Waals surface area contributed by atoms with Crippen LogP contribution in [0.5, 0.6) is 0 Å². The second-order valence-electron chi connectivity index (χ2n) is 7.99. The Balaban J connectivity index is 0.000000360. The Morgan fingerprint density at radius 3 is 2.75 bits per heavy atom. The summed E-state index contributed by atoms with van der Waals surface area (Å²) in [5, 5.41) is 8.12. The Morgan fingerprint density at radius 2 is 2.06 bits per heavy atom. The van der Waals surface area contributed by atoms with Crippen LogP contribution in [0.3, 0.4) is 0 Å². The number of amides is 1. The molecule has 3 heterocycles. The molecule has 2 aromatic rings. The number of carbonyl (C=O) groups excluding carboxylic acids is 1. The summed E-state index contributed by atoms with van der Waals surface area (Å²) < 4.78 is 43.2. The van der Waals surface area contributed by atoms with Crippen molar-refractivity contribution in [2.24, 2.45) is 5.41 Å². The lowest BCUT2D eigenvalue weighted by Gasteiger charge is -2.50. The molecule has 10 heteroatoms. The molecule has 2 atom stereocenters. The maximum absolute atomic E-state index is 13.1. The van der Waals surface area contributed by atoms with E-state index in [9.17, 15) is 18.0 Å². The third kappa shape index (κ3) is 5.36. The maximum Gasteiger partial charge on any atom is 0.490 e. The van der Waals surface area contributed by atoms with Crippen molar-refractivity contribution in [1.29, 1.82) is 0 Å². The predicted octanol–water partition coefficient (Wildman–Crippen LogP) is 3.53. The molecule has 32 heavy (non-hydrogen) atoms. The number of rotatable bonds is 3. The highest BCUT2D eigenvalue weighted by Crippen LogP contribution is 2.40. The highest BCUT2D eigenvalue weighted by molar-refractivity contribution is 5.97. The number of hydrogen-bond donors (Lipinski definition) is 1. The van der Waals surface area contributed by atoms with Gasteiger partial charge in [-0.1, -0.05) is 18.2 Å². The van der Waals surface area contributed by atoms with Gasteiger partial charge in [0.1, 0.15) is 0 Å². The second kappa shape index (κ2) is 9.83. The van der Waals surface area contributed by atoms with Gasteiger partial charge < -0.3 is 19.5 Å². The minimum atomic E-state index is -5.08. The van der Waals surface area contributed by atoms with Crippen LogP contribution in [0.2, 0.25) is 0 Å². The zero-order chi connectivity index (χ0) is 23.4. The van der Waals surface area contributed by atoms with Crippen LogP contribution in [-0.4, -0.2) is 72.6 Å². The van der Waals surface area contributed by atoms with Gasteiger partial charge in [0, 0.05) is 43.8 Å². The van der Waals surface area contributed by atoms with Crippen molar-refractivity contribution in [2.45, 2.75) is 31.5 Å². The molecule has 2 unspecified atom stereocenters. The van der Waals surface area contributed by atoms with Crippen LogP contribution >= 0.6 is 0 Å². The van der Waals surface area contributed by atoms with E-state index in [1.165, 1.54) is 0 Å². The van der Waals surface area contributed by atoms with Crippen molar-refractivity contribution in [3.8, 4) is 0 Å². The van der Waals surface area contributed by atoms with E-state index >= 15 is 0 Å². The van der Waals surface area contributed by atoms with E-state index in [0.29, 0.717) is 18.7 Å². The number of benzene rings is 1. The molecule has 0 spiro atoms. The number of methoxy groups -OCH3 is 1. The number of carboxylic acid groups (broad SMARTS) is 1. The summed E-state index contributed by atoms with van der Waals surface area (Å²) in [6.07, 6.45) is -0.252. The van der Waals surface area contributed by atoms with Gasteiger partial charge in [0.25, 0.3) is 5.91 Å². The highest BCUT2D eigenvalue weighted by atomic mass is 19.4. The van der Waals surface area contributed by atoms with Crippen LogP contribution in [0.15, 0.2) is 36.5 Å². The summed E-state index contributed by atoms with van der Waals surface area (Å²) >= 11 is 0. The summed E-state index contributed by atoms with van der Waals surface area (Å²) in [6, 6.07) is 9.82. The van der Waals surface area contributed by atoms with Gasteiger partial charge in [0.05, 0.1) is 23.8 Å². The van der Waals surface area contributed by atoms with Crippen LogP contribution in [0.25, 0.3) is 10.9 Å². The van der Waals surface area contributed by atoms with Gasteiger partial charge in [0.2, 0.25) is 0 Å². The smallest absolute Gasteiger partial charge is 0.475 e. The number of piperidine rings is 1. The third-order valence-corrected chi connectivity index (χ3v) is 5.79. The Bertz CT molecular complexity index is 964. The number of para-hydroxylation sites is 1. The minimum absolute atomic E-state index is 0.0535. The van der Waals surface area contributed by atoms with Crippen molar-refractivity contribution in [3.63, 3.8) is 0 Å². The first-order chi connectivity index (χ1) is 15.2. The van der Waals surface area contributed by atoms with Crippen LogP contribution in [-0.2, 0) is 14.3 Å². The van der Waals surface area contributed by atoms with Gasteiger partial charge in [-0.2, -0.15) is 13.2 Å². The number of carboxylic acids is 1. The molecule has 0 saturated carbocycles. The molecule has 7 nitrogen and oxygen atoms in total. The average molecular weight is 454 g/mol. The van der Waals surface area contributed by atoms with E-state index in [-0.39, 0.29) is 17.4 Å². The van der Waals surface area contributed by atoms with Crippen LogP contribution in [0.4, 0.5) is 13.2 Å². The Hall–Kier alpha value is -2.72. The van der Waals surface area contributed by atoms with Crippen molar-refractivity contribution in [2.75, 3.05) is 33.4 Å². The van der Waals surface area contributed by atoms with Crippen LogP contribution in [0, 0.1) is 5.41 Å². The maximum atomic E-state index is 13.1. The van der Waals surface area contributed by atoms with E-state index in [2.05, 4.69) is 4.98 Å². The third-order valence-electron chi connectivity index (χ3n) is 5.79. The lowest BCUT2D eigenvalue weighted by atomic mass is 9.73. The topological polar surface area (TPSA) is 89.0 Å². The zero-order valence-electron chi connectivity index (χ0n) is 17.6. The Labute approximate surface area is 183 Å². The normalized spacial score (nSPS) is 23.1. The van der Waals surface area contributed by atoms with Gasteiger partial charge in [-0.25, -0.2) is 4.79 Å². The van der Waals surface area contributed by atoms with Gasteiger partial charge >= 0.3 is 12.1 Å². The van der Waals surface area contributed by atoms with E-state index in [1.807, 2.05) is 35.2 Å². The number of likely N-dealkylation sites (tertiary alicyclic amines) is 1. The first kappa shape index (κ1) is 23.9. The molecule has 0 radical (unpaired) electrons. The summed E-state index contributed by atoms with van der Waals surface area (Å²) in [6.45, 7) is 2.87. The summed E-state index contributed by atoms with van der Waals surface area (Å²) in [5.74, 6) is -2.70. The molecule has 4 rings (SSSR count). The molecular weight excluding hydrogens is 429 g/mol. The van der Waals surface area contributed by atoms with E-state index in [1.54, 1.807) is 13.3 Å². The van der Waals surface area contributed by atoms with Crippen molar-refractivity contribution >= 4 is 22.8 Å². The fourth-order valence-electron chi connectivity index (χ4n) is 4.33. The fraction of sp³-hybridized carbons (Fsp3) is 0.500. The van der Waals surface area contributed by atoms with Gasteiger partial charge in [0.15, 0.2) is 0 Å². The molecule has 2 fully saturated rings. The van der Waals surface area contributed by atoms with E-state index < -0.39 is 12.1 Å². The van der Waals surface area contributed by atoms with Gasteiger partial charge in [-0.05, 0) is 31.4 Å². The molecule has 0 bridgehead atoms. The first-order valence-corrected chi connectivity index (χ1v) is 10.2. The summed E-state index contributed by atoms with van der Waals surface area (Å²) in [5.41, 5.74) is 1.49. The quantitative estimate of drug-likeness (QED) is 0.764. The number of hydrogen-bond acceptors (Lipinski definition) is 5. The van der Waals surface area contributed by atoms with Crippen LogP contribution < -0.4 is 0 Å². The molecular formula is C22H25F3N2O5. The monoisotopic (exact) mass is 454 g/mol. The standard InChI is InChI=1S/C20H24N2O3.C2HF3O2/c1-24-14-20-8-4-10-25-18(20)7-9-22(13-20)19(23)16-11-15-5-2-3-6-17(15)21-12-16;3-2(4,5)1(6)7/h2-3,5-6,11-12,18H,4,7-10,13-14H2,1H3;(H,6,7). The van der Waals surface area contributed by atoms with Crippen molar-refractivity contribution in [3.05, 3.63) is 42.1 Å². The second-order valence-corrected chi connectivity index (χ2v) is 7.99. The number of fused-ring (bicyclic) bond motifs is 2. The van der Waals surface area contributed by atoms with E-state index in [0.717, 1.165) is 43.3 Å². The molecule has 1 amide bonds. The molecule has 1 aromatic carbocycles. The Kier molecular flexibility index (Phi) is 7.35. The highest BCUT2D eigenvalue weighted by Gasteiger charge is 2.47. The van der Waals surface area contributed by atoms with Gasteiger partial charge in [-0.3, -0.25) is 9.78 Å². The van der Waals surface area contributed by atoms with Crippen LogP contribution in [0.1, 0.15) is 29.6 Å². The number of carbonyl (C=O) groups is 2. The largest absolute Gasteiger partial charge is 0.490 e.